The third kappa shape index (κ3) is 5.05. The Hall–Kier alpha value is -2.64. The lowest BCUT2D eigenvalue weighted by atomic mass is 9.85. The van der Waals surface area contributed by atoms with Crippen molar-refractivity contribution in [3.63, 3.8) is 0 Å². The van der Waals surface area contributed by atoms with Gasteiger partial charge in [0, 0.05) is 39.2 Å². The molecule has 2 fully saturated rings. The highest BCUT2D eigenvalue weighted by atomic mass is 16.5. The number of benzene rings is 1. The minimum absolute atomic E-state index is 0.0383. The molecule has 34 heavy (non-hydrogen) atoms. The van der Waals surface area contributed by atoms with E-state index in [1.54, 1.807) is 12.0 Å². The van der Waals surface area contributed by atoms with Gasteiger partial charge in [-0.3, -0.25) is 9.69 Å². The van der Waals surface area contributed by atoms with E-state index in [0.717, 1.165) is 43.1 Å². The van der Waals surface area contributed by atoms with Crippen LogP contribution in [0.4, 0.5) is 4.79 Å². The van der Waals surface area contributed by atoms with Crippen LogP contribution >= 0.6 is 0 Å². The number of rotatable bonds is 10. The molecule has 7 nitrogen and oxygen atoms in total. The minimum Gasteiger partial charge on any atom is -0.466 e. The van der Waals surface area contributed by atoms with E-state index < -0.39 is 5.54 Å². The second kappa shape index (κ2) is 10.7. The monoisotopic (exact) mass is 467 g/mol. The van der Waals surface area contributed by atoms with Gasteiger partial charge in [-0.25, -0.2) is 4.79 Å². The van der Waals surface area contributed by atoms with Crippen LogP contribution < -0.4 is 0 Å². The first-order valence-electron chi connectivity index (χ1n) is 12.4. The van der Waals surface area contributed by atoms with Gasteiger partial charge in [0.2, 0.25) is 0 Å². The van der Waals surface area contributed by atoms with Gasteiger partial charge >= 0.3 is 6.03 Å². The van der Waals surface area contributed by atoms with E-state index >= 15 is 0 Å². The SMILES string of the molecule is COCCN1C(=O)N(CCc2ccccc2)C(=O)C12CCN(CC[C@@H](C)c1ccc(C)o1)CC2. The number of urea groups is 1. The molecule has 184 valence electrons. The molecule has 0 N–H and O–H groups in total. The number of hydrogen-bond acceptors (Lipinski definition) is 5. The first-order valence-corrected chi connectivity index (χ1v) is 12.4. The largest absolute Gasteiger partial charge is 0.466 e. The summed E-state index contributed by atoms with van der Waals surface area (Å²) in [7, 11) is 1.63. The number of methoxy groups -OCH3 is 1. The maximum atomic E-state index is 13.6. The van der Waals surface area contributed by atoms with Crippen molar-refractivity contribution in [3.05, 3.63) is 59.5 Å². The molecule has 1 aromatic heterocycles. The molecule has 0 bridgehead atoms. The highest BCUT2D eigenvalue weighted by molar-refractivity contribution is 6.07. The van der Waals surface area contributed by atoms with Crippen LogP contribution in [-0.2, 0) is 16.0 Å². The van der Waals surface area contributed by atoms with Crippen LogP contribution in [0.3, 0.4) is 0 Å². The van der Waals surface area contributed by atoms with Crippen molar-refractivity contribution in [1.82, 2.24) is 14.7 Å². The third-order valence-corrected chi connectivity index (χ3v) is 7.42. The highest BCUT2D eigenvalue weighted by Gasteiger charge is 2.57. The van der Waals surface area contributed by atoms with Crippen molar-refractivity contribution in [3.8, 4) is 0 Å². The van der Waals surface area contributed by atoms with Gasteiger partial charge in [-0.15, -0.1) is 0 Å². The predicted octanol–water partition coefficient (Wildman–Crippen LogP) is 4.07. The molecule has 2 aromatic rings. The normalized spacial score (nSPS) is 19.4. The molecule has 0 aliphatic carbocycles. The Morgan fingerprint density at radius 1 is 1.03 bits per heavy atom. The van der Waals surface area contributed by atoms with E-state index in [1.807, 2.05) is 43.3 Å². The van der Waals surface area contributed by atoms with Gasteiger partial charge in [-0.2, -0.15) is 0 Å². The van der Waals surface area contributed by atoms with Crippen molar-refractivity contribution in [2.24, 2.45) is 0 Å². The Morgan fingerprint density at radius 2 is 1.76 bits per heavy atom. The van der Waals surface area contributed by atoms with Crippen molar-refractivity contribution in [2.75, 3.05) is 46.4 Å². The lowest BCUT2D eigenvalue weighted by Crippen LogP contribution is -2.57. The highest BCUT2D eigenvalue weighted by Crippen LogP contribution is 2.37. The van der Waals surface area contributed by atoms with Gasteiger partial charge in [0.1, 0.15) is 17.1 Å². The molecule has 1 aromatic carbocycles. The van der Waals surface area contributed by atoms with Crippen LogP contribution in [-0.4, -0.2) is 78.6 Å². The zero-order valence-electron chi connectivity index (χ0n) is 20.7. The van der Waals surface area contributed by atoms with Crippen LogP contribution in [0.5, 0.6) is 0 Å². The van der Waals surface area contributed by atoms with Gasteiger partial charge in [0.05, 0.1) is 6.61 Å². The maximum absolute atomic E-state index is 13.6. The van der Waals surface area contributed by atoms with Crippen molar-refractivity contribution >= 4 is 11.9 Å². The minimum atomic E-state index is -0.744. The van der Waals surface area contributed by atoms with E-state index in [4.69, 9.17) is 9.15 Å². The average Bonchev–Trinajstić information content (AvgIpc) is 3.37. The fourth-order valence-corrected chi connectivity index (χ4v) is 5.22. The van der Waals surface area contributed by atoms with E-state index in [-0.39, 0.29) is 11.9 Å². The summed E-state index contributed by atoms with van der Waals surface area (Å²) >= 11 is 0. The van der Waals surface area contributed by atoms with Gasteiger partial charge < -0.3 is 19.0 Å². The standard InChI is InChI=1S/C27H37N3O4/c1-21(24-10-9-22(2)34-24)11-15-28-17-13-27(14-18-28)25(31)29(26(32)30(27)19-20-33-3)16-12-23-7-5-4-6-8-23/h4-10,21H,11-20H2,1-3H3/t21-/m1/s1. The smallest absolute Gasteiger partial charge is 0.327 e. The van der Waals surface area contributed by atoms with Crippen molar-refractivity contribution in [2.45, 2.75) is 51.0 Å². The first-order chi connectivity index (χ1) is 16.4. The molecular formula is C27H37N3O4. The molecule has 0 saturated carbocycles. The Balaban J connectivity index is 1.39. The molecule has 4 rings (SSSR count). The van der Waals surface area contributed by atoms with E-state index in [0.29, 0.717) is 44.9 Å². The number of likely N-dealkylation sites (tertiary alicyclic amines) is 1. The van der Waals surface area contributed by atoms with Crippen LogP contribution in [0.2, 0.25) is 0 Å². The first kappa shape index (κ1) is 24.5. The molecule has 3 heterocycles. The van der Waals surface area contributed by atoms with E-state index in [2.05, 4.69) is 17.9 Å². The number of aryl methyl sites for hydroxylation is 1. The third-order valence-electron chi connectivity index (χ3n) is 7.42. The molecule has 1 spiro atoms. The Morgan fingerprint density at radius 3 is 2.41 bits per heavy atom. The quantitative estimate of drug-likeness (QED) is 0.493. The summed E-state index contributed by atoms with van der Waals surface area (Å²) in [6.45, 7) is 8.01. The average molecular weight is 468 g/mol. The lowest BCUT2D eigenvalue weighted by molar-refractivity contribution is -0.135. The number of carbonyl (C=O) groups excluding carboxylic acids is 2. The number of nitrogens with zero attached hydrogens (tertiary/aromatic N) is 3. The lowest BCUT2D eigenvalue weighted by Gasteiger charge is -2.42. The summed E-state index contributed by atoms with van der Waals surface area (Å²) in [5.74, 6) is 2.29. The van der Waals surface area contributed by atoms with Crippen LogP contribution in [0.25, 0.3) is 0 Å². The topological polar surface area (TPSA) is 66.2 Å². The summed E-state index contributed by atoms with van der Waals surface area (Å²) < 4.78 is 11.1. The van der Waals surface area contributed by atoms with Gasteiger partial charge in [0.15, 0.2) is 0 Å². The number of hydrogen-bond donors (Lipinski definition) is 0. The molecule has 0 radical (unpaired) electrons. The number of furan rings is 1. The summed E-state index contributed by atoms with van der Waals surface area (Å²) in [5, 5.41) is 0. The summed E-state index contributed by atoms with van der Waals surface area (Å²) in [4.78, 5) is 32.6. The molecular weight excluding hydrogens is 430 g/mol. The van der Waals surface area contributed by atoms with Crippen LogP contribution in [0.1, 0.15) is 49.2 Å². The number of amides is 3. The Kier molecular flexibility index (Phi) is 7.73. The van der Waals surface area contributed by atoms with Gasteiger partial charge in [-0.1, -0.05) is 37.3 Å². The Labute approximate surface area is 202 Å². The zero-order chi connectivity index (χ0) is 24.1. The summed E-state index contributed by atoms with van der Waals surface area (Å²) in [6.07, 6.45) is 3.00. The van der Waals surface area contributed by atoms with Crippen molar-refractivity contribution in [1.29, 1.82) is 0 Å². The number of carbonyl (C=O) groups is 2. The second-order valence-electron chi connectivity index (χ2n) is 9.63. The van der Waals surface area contributed by atoms with Gasteiger partial charge in [-0.05, 0) is 56.8 Å². The molecule has 2 aliphatic heterocycles. The number of ether oxygens (including phenoxy) is 1. The zero-order valence-corrected chi connectivity index (χ0v) is 20.7. The predicted molar refractivity (Wildman–Crippen MR) is 131 cm³/mol. The van der Waals surface area contributed by atoms with Crippen LogP contribution in [0, 0.1) is 6.92 Å². The number of piperidine rings is 1. The van der Waals surface area contributed by atoms with Crippen LogP contribution in [0.15, 0.2) is 46.9 Å². The van der Waals surface area contributed by atoms with Gasteiger partial charge in [0.25, 0.3) is 5.91 Å². The van der Waals surface area contributed by atoms with E-state index in [9.17, 15) is 9.59 Å². The molecule has 7 heteroatoms. The molecule has 2 saturated heterocycles. The maximum Gasteiger partial charge on any atom is 0.327 e. The summed E-state index contributed by atoms with van der Waals surface area (Å²) in [6, 6.07) is 13.9. The molecule has 0 unspecified atom stereocenters. The molecule has 2 aliphatic rings. The second-order valence-corrected chi connectivity index (χ2v) is 9.63. The Bertz CT molecular complexity index is 965. The fraction of sp³-hybridized carbons (Fsp3) is 0.556. The molecule has 1 atom stereocenters. The fourth-order valence-electron chi connectivity index (χ4n) is 5.22. The summed E-state index contributed by atoms with van der Waals surface area (Å²) in [5.41, 5.74) is 0.384. The van der Waals surface area contributed by atoms with E-state index in [1.165, 1.54) is 4.90 Å². The molecule has 3 amide bonds. The van der Waals surface area contributed by atoms with Crippen molar-refractivity contribution < 1.29 is 18.7 Å². The number of imide groups is 1.